The molecule has 0 heterocycles. The van der Waals surface area contributed by atoms with Gasteiger partial charge in [0.05, 0.1) is 0 Å². The van der Waals surface area contributed by atoms with Crippen LogP contribution in [0.15, 0.2) is 0 Å². The summed E-state index contributed by atoms with van der Waals surface area (Å²) >= 11 is 0. The third kappa shape index (κ3) is 105. The first-order valence-corrected chi connectivity index (χ1v) is 2.10. The van der Waals surface area contributed by atoms with Gasteiger partial charge in [-0.05, 0) is 0 Å². The van der Waals surface area contributed by atoms with Crippen LogP contribution >= 0.6 is 0 Å². The van der Waals surface area contributed by atoms with Gasteiger partial charge in [-0.15, -0.1) is 0 Å². The van der Waals surface area contributed by atoms with Gasteiger partial charge in [-0.2, -0.15) is 8.42 Å². The molecule has 0 amide bonds. The molecule has 0 aliphatic rings. The molecule has 5 nitrogen and oxygen atoms in total. The van der Waals surface area contributed by atoms with Crippen LogP contribution in [0.2, 0.25) is 0 Å². The van der Waals surface area contributed by atoms with Gasteiger partial charge in [0.15, 0.2) is 0 Å². The summed E-state index contributed by atoms with van der Waals surface area (Å²) < 4.78 is 31.6. The van der Waals surface area contributed by atoms with Crippen LogP contribution < -0.4 is 0 Å². The zero-order valence-corrected chi connectivity index (χ0v) is 3.44. The normalized spacial score (nSPS) is 6.44. The van der Waals surface area contributed by atoms with Crippen molar-refractivity contribution >= 4 is 99.1 Å². The van der Waals surface area contributed by atoms with Crippen molar-refractivity contribution in [3.05, 3.63) is 0 Å². The van der Waals surface area contributed by atoms with Crippen molar-refractivity contribution in [3.8, 4) is 0 Å². The van der Waals surface area contributed by atoms with Gasteiger partial charge >= 0.3 is 99.1 Å². The number of hydrogen-bond donors (Lipinski definition) is 2. The molecule has 0 unspecified atom stereocenters. The molecule has 0 saturated heterocycles. The average Bonchev–Trinajstić information content (AvgIpc) is 0.722. The Morgan fingerprint density at radius 3 is 0.889 bits per heavy atom. The van der Waals surface area contributed by atoms with Gasteiger partial charge in [-0.1, -0.05) is 0 Å². The minimum atomic E-state index is -4.67. The Balaban J connectivity index is -0.0000000133. The molecule has 0 aromatic rings. The zero-order chi connectivity index (χ0) is 4.50. The molecule has 0 bridgehead atoms. The van der Waals surface area contributed by atoms with E-state index in [0.717, 1.165) is 0 Å². The first kappa shape index (κ1) is 29.7. The third-order valence-corrected chi connectivity index (χ3v) is 0. The van der Waals surface area contributed by atoms with E-state index >= 15 is 0 Å². The van der Waals surface area contributed by atoms with Crippen molar-refractivity contribution in [1.82, 2.24) is 0 Å². The molecule has 0 aliphatic carbocycles. The first-order valence-electron chi connectivity index (χ1n) is 0.698. The second-order valence-electron chi connectivity index (χ2n) is 0.448. The first-order chi connectivity index (χ1) is 2.00. The summed E-state index contributed by atoms with van der Waals surface area (Å²) in [4.78, 5) is 0. The van der Waals surface area contributed by atoms with Crippen LogP contribution in [0, 0.1) is 0 Å². The van der Waals surface area contributed by atoms with E-state index < -0.39 is 10.4 Å². The van der Waals surface area contributed by atoms with Crippen LogP contribution in [0.25, 0.3) is 0 Å². The van der Waals surface area contributed by atoms with Gasteiger partial charge in [-0.3, -0.25) is 9.11 Å². The van der Waals surface area contributed by atoms with Crippen molar-refractivity contribution in [2.24, 2.45) is 0 Å². The molecule has 9 heteroatoms. The van der Waals surface area contributed by atoms with Crippen molar-refractivity contribution in [2.45, 2.75) is 0 Å². The van der Waals surface area contributed by atoms with E-state index in [0.29, 0.717) is 0 Å². The fourth-order valence-corrected chi connectivity index (χ4v) is 0. The van der Waals surface area contributed by atoms with E-state index in [9.17, 15) is 0 Å². The van der Waals surface area contributed by atoms with Crippen LogP contribution in [0.5, 0.6) is 0 Å². The van der Waals surface area contributed by atoms with Crippen LogP contribution in [0.4, 0.5) is 0 Å². The van der Waals surface area contributed by atoms with Gasteiger partial charge in [0.1, 0.15) is 0 Å². The fourth-order valence-electron chi connectivity index (χ4n) is 0. The van der Waals surface area contributed by atoms with Crippen molar-refractivity contribution in [1.29, 1.82) is 0 Å². The third-order valence-electron chi connectivity index (χ3n) is 0. The summed E-state index contributed by atoms with van der Waals surface area (Å²) in [7, 11) is -4.67. The van der Waals surface area contributed by atoms with Crippen molar-refractivity contribution in [3.63, 3.8) is 0 Å². The van der Waals surface area contributed by atoms with E-state index in [4.69, 9.17) is 17.5 Å². The second kappa shape index (κ2) is 13.4. The Morgan fingerprint density at radius 1 is 0.889 bits per heavy atom. The van der Waals surface area contributed by atoms with Crippen molar-refractivity contribution < 1.29 is 23.0 Å². The summed E-state index contributed by atoms with van der Waals surface area (Å²) in [5, 5.41) is 0. The van der Waals surface area contributed by atoms with Gasteiger partial charge in [-0.25, -0.2) is 0 Å². The van der Waals surface area contributed by atoms with Crippen molar-refractivity contribution in [2.75, 3.05) is 0 Å². The molecular weight excluding hydrogens is 181 g/mol. The molecule has 0 aliphatic heterocycles. The second-order valence-corrected chi connectivity index (χ2v) is 1.34. The molecule has 0 radical (unpaired) electrons. The molecule has 0 aromatic heterocycles. The predicted molar refractivity (Wildman–Crippen MR) is 39.2 cm³/mol. The summed E-state index contributed by atoms with van der Waals surface area (Å²) in [6.45, 7) is 0. The Hall–Kier alpha value is 2.83. The monoisotopic (exact) mass is 188 g/mol. The Labute approximate surface area is 120 Å². The average molecular weight is 188 g/mol. The standard InChI is InChI=1S/3Na.H2O4S.H2O.3H/c;;;1-5(2,3)4;;;;/h;;;(H2,1,2,3,4);1H2;;;. The summed E-state index contributed by atoms with van der Waals surface area (Å²) in [6, 6.07) is 0. The number of rotatable bonds is 0. The van der Waals surface area contributed by atoms with E-state index in [-0.39, 0.29) is 94.1 Å². The summed E-state index contributed by atoms with van der Waals surface area (Å²) in [5.41, 5.74) is 0. The molecule has 0 aromatic carbocycles. The van der Waals surface area contributed by atoms with Crippen LogP contribution in [0.1, 0.15) is 0 Å². The van der Waals surface area contributed by atoms with E-state index in [1.807, 2.05) is 0 Å². The fraction of sp³-hybridized carbons (Fsp3) is 0. The van der Waals surface area contributed by atoms with Gasteiger partial charge in [0.2, 0.25) is 0 Å². The SMILES string of the molecule is O.O=S(=O)(O)O.[NaH].[NaH].[NaH]. The van der Waals surface area contributed by atoms with Crippen LogP contribution in [-0.2, 0) is 10.4 Å². The molecule has 0 atom stereocenters. The molecule has 9 heavy (non-hydrogen) atoms. The molecular formula is H7Na3O5S. The van der Waals surface area contributed by atoms with Crippen LogP contribution in [-0.4, -0.2) is 112 Å². The van der Waals surface area contributed by atoms with Gasteiger partial charge < -0.3 is 5.48 Å². The molecule has 0 saturated carbocycles. The van der Waals surface area contributed by atoms with Gasteiger partial charge in [0, 0.05) is 0 Å². The zero-order valence-electron chi connectivity index (χ0n) is 2.62. The van der Waals surface area contributed by atoms with E-state index in [2.05, 4.69) is 0 Å². The molecule has 0 rings (SSSR count). The topological polar surface area (TPSA) is 106 Å². The van der Waals surface area contributed by atoms with Gasteiger partial charge in [0.25, 0.3) is 0 Å². The molecule has 46 valence electrons. The molecule has 4 N–H and O–H groups in total. The Morgan fingerprint density at radius 2 is 0.889 bits per heavy atom. The predicted octanol–water partition coefficient (Wildman–Crippen LogP) is -3.42. The van der Waals surface area contributed by atoms with Crippen LogP contribution in [0.3, 0.4) is 0 Å². The maximum absolute atomic E-state index is 8.74. The number of hydrogen-bond acceptors (Lipinski definition) is 2. The molecule has 0 fully saturated rings. The Kier molecular flexibility index (Phi) is 44.4. The summed E-state index contributed by atoms with van der Waals surface area (Å²) in [5.74, 6) is 0. The van der Waals surface area contributed by atoms with E-state index in [1.54, 1.807) is 0 Å². The minimum absolute atomic E-state index is 0. The summed E-state index contributed by atoms with van der Waals surface area (Å²) in [6.07, 6.45) is 0. The van der Waals surface area contributed by atoms with E-state index in [1.165, 1.54) is 0 Å². The Bertz CT molecular complexity index is 95.4. The maximum atomic E-state index is 8.74. The quantitative estimate of drug-likeness (QED) is 0.305. The molecule has 0 spiro atoms.